The van der Waals surface area contributed by atoms with Crippen LogP contribution in [0.15, 0.2) is 42.5 Å². The third-order valence-electron chi connectivity index (χ3n) is 2.33. The average Bonchev–Trinajstić information content (AvgIpc) is 2.27. The van der Waals surface area contributed by atoms with Gasteiger partial charge in [0, 0.05) is 16.4 Å². The second-order valence-corrected chi connectivity index (χ2v) is 4.04. The molecule has 0 aliphatic heterocycles. The van der Waals surface area contributed by atoms with Crippen LogP contribution in [0.1, 0.15) is 5.56 Å². The molecule has 2 N–H and O–H groups in total. The lowest BCUT2D eigenvalue weighted by Crippen LogP contribution is -1.90. The van der Waals surface area contributed by atoms with E-state index in [1.165, 1.54) is 0 Å². The van der Waals surface area contributed by atoms with Crippen LogP contribution in [0.2, 0.25) is 5.02 Å². The molecule has 0 fully saturated rings. The molecule has 0 aliphatic rings. The highest BCUT2D eigenvalue weighted by atomic mass is 35.5. The summed E-state index contributed by atoms with van der Waals surface area (Å²) in [5.74, 6) is 0.257. The molecule has 2 aromatic carbocycles. The van der Waals surface area contributed by atoms with Gasteiger partial charge in [-0.2, -0.15) is 0 Å². The molecule has 0 atom stereocenters. The summed E-state index contributed by atoms with van der Waals surface area (Å²) in [7, 11) is 0. The molecule has 0 saturated carbocycles. The van der Waals surface area contributed by atoms with Crippen molar-refractivity contribution >= 4 is 23.0 Å². The molecule has 0 bridgehead atoms. The first-order valence-electron chi connectivity index (χ1n) is 4.97. The van der Waals surface area contributed by atoms with Gasteiger partial charge in [-0.3, -0.25) is 0 Å². The van der Waals surface area contributed by atoms with Crippen LogP contribution < -0.4 is 5.32 Å². The number of hydrogen-bond donors (Lipinski definition) is 2. The van der Waals surface area contributed by atoms with Crippen LogP contribution in [0.5, 0.6) is 5.75 Å². The van der Waals surface area contributed by atoms with E-state index in [-0.39, 0.29) is 5.75 Å². The lowest BCUT2D eigenvalue weighted by molar-refractivity contribution is 0.475. The summed E-state index contributed by atoms with van der Waals surface area (Å²) in [5.41, 5.74) is 2.90. The number of phenolic OH excluding ortho intramolecular Hbond substituents is 1. The fourth-order valence-corrected chi connectivity index (χ4v) is 1.56. The van der Waals surface area contributed by atoms with Crippen molar-refractivity contribution in [2.75, 3.05) is 5.32 Å². The van der Waals surface area contributed by atoms with Gasteiger partial charge in [-0.1, -0.05) is 17.7 Å². The Hall–Kier alpha value is -1.67. The number of hydrogen-bond acceptors (Lipinski definition) is 2. The Bertz CT molecular complexity index is 494. The van der Waals surface area contributed by atoms with Gasteiger partial charge in [-0.15, -0.1) is 0 Å². The third kappa shape index (κ3) is 2.47. The van der Waals surface area contributed by atoms with E-state index in [1.807, 2.05) is 37.3 Å². The molecular weight excluding hydrogens is 222 g/mol. The smallest absolute Gasteiger partial charge is 0.115 e. The van der Waals surface area contributed by atoms with E-state index in [2.05, 4.69) is 5.32 Å². The second-order valence-electron chi connectivity index (χ2n) is 3.64. The van der Waals surface area contributed by atoms with Crippen molar-refractivity contribution < 1.29 is 5.11 Å². The van der Waals surface area contributed by atoms with Crippen LogP contribution in [-0.2, 0) is 0 Å². The van der Waals surface area contributed by atoms with Gasteiger partial charge >= 0.3 is 0 Å². The highest BCUT2D eigenvalue weighted by Gasteiger charge is 1.98. The van der Waals surface area contributed by atoms with Gasteiger partial charge in [-0.25, -0.2) is 0 Å². The first kappa shape index (κ1) is 10.8. The van der Waals surface area contributed by atoms with Gasteiger partial charge in [0.05, 0.1) is 0 Å². The number of anilines is 2. The highest BCUT2D eigenvalue weighted by molar-refractivity contribution is 6.31. The molecule has 0 amide bonds. The maximum absolute atomic E-state index is 9.15. The summed E-state index contributed by atoms with van der Waals surface area (Å²) >= 11 is 6.03. The van der Waals surface area contributed by atoms with Gasteiger partial charge in [-0.05, 0) is 48.9 Å². The fraction of sp³-hybridized carbons (Fsp3) is 0.0769. The lowest BCUT2D eigenvalue weighted by atomic mass is 10.2. The molecule has 82 valence electrons. The molecule has 0 unspecified atom stereocenters. The number of phenols is 1. The molecule has 0 aromatic heterocycles. The molecule has 0 spiro atoms. The normalized spacial score (nSPS) is 10.1. The molecule has 3 heteroatoms. The topological polar surface area (TPSA) is 32.3 Å². The molecule has 2 rings (SSSR count). The maximum atomic E-state index is 9.15. The molecule has 16 heavy (non-hydrogen) atoms. The number of halogens is 1. The van der Waals surface area contributed by atoms with E-state index in [1.54, 1.807) is 12.1 Å². The Morgan fingerprint density at radius 2 is 1.62 bits per heavy atom. The first-order chi connectivity index (χ1) is 7.65. The number of aromatic hydroxyl groups is 1. The Morgan fingerprint density at radius 1 is 1.00 bits per heavy atom. The van der Waals surface area contributed by atoms with E-state index >= 15 is 0 Å². The van der Waals surface area contributed by atoms with E-state index in [0.717, 1.165) is 22.0 Å². The molecule has 2 aromatic rings. The van der Waals surface area contributed by atoms with E-state index in [9.17, 15) is 0 Å². The van der Waals surface area contributed by atoms with Crippen molar-refractivity contribution in [3.63, 3.8) is 0 Å². The summed E-state index contributed by atoms with van der Waals surface area (Å²) in [6.45, 7) is 1.96. The van der Waals surface area contributed by atoms with Crippen molar-refractivity contribution in [2.45, 2.75) is 6.92 Å². The van der Waals surface area contributed by atoms with Crippen molar-refractivity contribution in [2.24, 2.45) is 0 Å². The van der Waals surface area contributed by atoms with Crippen LogP contribution >= 0.6 is 11.6 Å². The van der Waals surface area contributed by atoms with Crippen molar-refractivity contribution in [1.29, 1.82) is 0 Å². The average molecular weight is 234 g/mol. The molecule has 0 aliphatic carbocycles. The molecule has 0 radical (unpaired) electrons. The predicted molar refractivity (Wildman–Crippen MR) is 67.6 cm³/mol. The monoisotopic (exact) mass is 233 g/mol. The van der Waals surface area contributed by atoms with E-state index < -0.39 is 0 Å². The predicted octanol–water partition coefficient (Wildman–Crippen LogP) is 4.10. The van der Waals surface area contributed by atoms with Gasteiger partial charge in [0.1, 0.15) is 5.75 Å². The molecular formula is C13H12ClNO. The summed E-state index contributed by atoms with van der Waals surface area (Å²) in [6.07, 6.45) is 0. The van der Waals surface area contributed by atoms with Crippen molar-refractivity contribution in [3.8, 4) is 5.75 Å². The quantitative estimate of drug-likeness (QED) is 0.766. The van der Waals surface area contributed by atoms with Gasteiger partial charge < -0.3 is 10.4 Å². The Labute approximate surface area is 99.5 Å². The van der Waals surface area contributed by atoms with E-state index in [4.69, 9.17) is 16.7 Å². The Kier molecular flexibility index (Phi) is 3.02. The molecule has 0 saturated heterocycles. The van der Waals surface area contributed by atoms with Crippen molar-refractivity contribution in [3.05, 3.63) is 53.1 Å². The second kappa shape index (κ2) is 4.45. The number of nitrogens with one attached hydrogen (secondary N) is 1. The largest absolute Gasteiger partial charge is 0.508 e. The summed E-state index contributed by atoms with van der Waals surface area (Å²) < 4.78 is 0. The maximum Gasteiger partial charge on any atom is 0.115 e. The highest BCUT2D eigenvalue weighted by Crippen LogP contribution is 2.23. The number of rotatable bonds is 2. The molecule has 0 heterocycles. The summed E-state index contributed by atoms with van der Waals surface area (Å²) in [4.78, 5) is 0. The van der Waals surface area contributed by atoms with Crippen LogP contribution in [0.3, 0.4) is 0 Å². The fourth-order valence-electron chi connectivity index (χ4n) is 1.38. The van der Waals surface area contributed by atoms with Crippen LogP contribution in [-0.4, -0.2) is 5.11 Å². The van der Waals surface area contributed by atoms with Crippen LogP contribution in [0.4, 0.5) is 11.4 Å². The summed E-state index contributed by atoms with van der Waals surface area (Å²) in [5, 5.41) is 13.1. The zero-order valence-corrected chi connectivity index (χ0v) is 9.62. The van der Waals surface area contributed by atoms with Crippen molar-refractivity contribution in [1.82, 2.24) is 0 Å². The van der Waals surface area contributed by atoms with Crippen LogP contribution in [0.25, 0.3) is 0 Å². The third-order valence-corrected chi connectivity index (χ3v) is 2.74. The van der Waals surface area contributed by atoms with Gasteiger partial charge in [0.2, 0.25) is 0 Å². The minimum absolute atomic E-state index is 0.257. The standard InChI is InChI=1S/C13H12ClNO/c1-9-2-3-11(8-13(9)14)15-10-4-6-12(16)7-5-10/h2-8,15-16H,1H3. The van der Waals surface area contributed by atoms with Gasteiger partial charge in [0.15, 0.2) is 0 Å². The lowest BCUT2D eigenvalue weighted by Gasteiger charge is -2.07. The Balaban J connectivity index is 2.20. The Morgan fingerprint density at radius 3 is 2.25 bits per heavy atom. The first-order valence-corrected chi connectivity index (χ1v) is 5.35. The van der Waals surface area contributed by atoms with Gasteiger partial charge in [0.25, 0.3) is 0 Å². The minimum atomic E-state index is 0.257. The number of aryl methyl sites for hydroxylation is 1. The zero-order valence-electron chi connectivity index (χ0n) is 8.87. The zero-order chi connectivity index (χ0) is 11.5. The minimum Gasteiger partial charge on any atom is -0.508 e. The number of benzene rings is 2. The molecule has 2 nitrogen and oxygen atoms in total. The summed E-state index contributed by atoms with van der Waals surface area (Å²) in [6, 6.07) is 12.7. The van der Waals surface area contributed by atoms with E-state index in [0.29, 0.717) is 0 Å². The SMILES string of the molecule is Cc1ccc(Nc2ccc(O)cc2)cc1Cl. The van der Waals surface area contributed by atoms with Crippen LogP contribution in [0, 0.1) is 6.92 Å².